The second-order valence-corrected chi connectivity index (χ2v) is 9.60. The first-order valence-corrected chi connectivity index (χ1v) is 11.9. The zero-order chi connectivity index (χ0) is 22.8. The number of benzene rings is 1. The van der Waals surface area contributed by atoms with E-state index in [1.165, 1.54) is 6.42 Å². The number of piperidine rings is 1. The third-order valence-electron chi connectivity index (χ3n) is 6.82. The van der Waals surface area contributed by atoms with Crippen molar-refractivity contribution in [1.82, 2.24) is 14.8 Å². The van der Waals surface area contributed by atoms with Gasteiger partial charge in [0.1, 0.15) is 11.4 Å². The van der Waals surface area contributed by atoms with Gasteiger partial charge in [0.25, 0.3) is 5.91 Å². The van der Waals surface area contributed by atoms with Gasteiger partial charge in [-0.25, -0.2) is 0 Å². The quantitative estimate of drug-likeness (QED) is 0.670. The van der Waals surface area contributed by atoms with E-state index in [1.54, 1.807) is 12.0 Å². The maximum absolute atomic E-state index is 13.3. The maximum atomic E-state index is 13.3. The molecule has 2 saturated heterocycles. The third-order valence-corrected chi connectivity index (χ3v) is 6.82. The Morgan fingerprint density at radius 2 is 1.97 bits per heavy atom. The molecule has 0 aliphatic carbocycles. The highest BCUT2D eigenvalue weighted by Gasteiger charge is 2.31. The van der Waals surface area contributed by atoms with E-state index < -0.39 is 0 Å². The molecule has 2 atom stereocenters. The van der Waals surface area contributed by atoms with E-state index in [1.807, 2.05) is 29.8 Å². The Kier molecular flexibility index (Phi) is 6.74. The van der Waals surface area contributed by atoms with E-state index in [-0.39, 0.29) is 11.8 Å². The molecule has 174 valence electrons. The summed E-state index contributed by atoms with van der Waals surface area (Å²) in [4.78, 5) is 30.2. The van der Waals surface area contributed by atoms with Crippen molar-refractivity contribution in [1.29, 1.82) is 0 Å². The van der Waals surface area contributed by atoms with Crippen molar-refractivity contribution >= 4 is 28.4 Å². The molecule has 0 saturated carbocycles. The fourth-order valence-corrected chi connectivity index (χ4v) is 5.51. The lowest BCUT2D eigenvalue weighted by Crippen LogP contribution is -2.40. The number of carbonyl (C=O) groups excluding carboxylic acids is 2. The van der Waals surface area contributed by atoms with Crippen LogP contribution in [0.25, 0.3) is 10.9 Å². The molecule has 2 aliphatic rings. The topological polar surface area (TPSA) is 66.8 Å². The highest BCUT2D eigenvalue weighted by atomic mass is 16.5. The molecule has 3 heterocycles. The first-order chi connectivity index (χ1) is 15.4. The zero-order valence-electron chi connectivity index (χ0n) is 19.8. The van der Waals surface area contributed by atoms with Crippen molar-refractivity contribution in [3.63, 3.8) is 0 Å². The van der Waals surface area contributed by atoms with Gasteiger partial charge in [-0.2, -0.15) is 0 Å². The molecule has 0 bridgehead atoms. The first kappa shape index (κ1) is 22.6. The lowest BCUT2D eigenvalue weighted by atomic mass is 9.92. The Hall–Kier alpha value is -2.54. The number of rotatable bonds is 7. The van der Waals surface area contributed by atoms with E-state index in [0.717, 1.165) is 55.2 Å². The monoisotopic (exact) mass is 440 g/mol. The zero-order valence-corrected chi connectivity index (χ0v) is 19.8. The summed E-state index contributed by atoms with van der Waals surface area (Å²) in [5.41, 5.74) is 2.17. The van der Waals surface area contributed by atoms with Crippen molar-refractivity contribution in [2.45, 2.75) is 39.5 Å². The Labute approximate surface area is 190 Å². The highest BCUT2D eigenvalue weighted by molar-refractivity contribution is 6.14. The fraction of sp³-hybridized carbons (Fsp3) is 0.600. The number of hydrogen-bond donors (Lipinski definition) is 1. The molecule has 0 radical (unpaired) electrons. The van der Waals surface area contributed by atoms with Gasteiger partial charge < -0.3 is 24.4 Å². The van der Waals surface area contributed by atoms with Crippen molar-refractivity contribution in [2.75, 3.05) is 44.7 Å². The molecule has 2 amide bonds. The summed E-state index contributed by atoms with van der Waals surface area (Å²) in [5.74, 6) is 2.14. The number of amides is 2. The number of methoxy groups -OCH3 is 1. The van der Waals surface area contributed by atoms with Crippen LogP contribution in [0.3, 0.4) is 0 Å². The molecule has 2 aliphatic heterocycles. The van der Waals surface area contributed by atoms with Crippen LogP contribution in [0.2, 0.25) is 0 Å². The normalized spacial score (nSPS) is 22.0. The number of likely N-dealkylation sites (tertiary alicyclic amines) is 1. The minimum Gasteiger partial charge on any atom is -0.497 e. The molecule has 0 unspecified atom stereocenters. The largest absolute Gasteiger partial charge is 0.497 e. The lowest BCUT2D eigenvalue weighted by Gasteiger charge is -2.34. The highest BCUT2D eigenvalue weighted by Crippen LogP contribution is 2.37. The molecule has 7 heteroatoms. The first-order valence-electron chi connectivity index (χ1n) is 11.9. The number of fused-ring (bicyclic) bond motifs is 1. The second-order valence-electron chi connectivity index (χ2n) is 9.60. The summed E-state index contributed by atoms with van der Waals surface area (Å²) in [7, 11) is 3.52. The van der Waals surface area contributed by atoms with Crippen LogP contribution in [0.4, 0.5) is 5.69 Å². The van der Waals surface area contributed by atoms with Crippen LogP contribution in [0, 0.1) is 11.8 Å². The summed E-state index contributed by atoms with van der Waals surface area (Å²) in [6.07, 6.45) is 3.55. The van der Waals surface area contributed by atoms with Gasteiger partial charge >= 0.3 is 0 Å². The lowest BCUT2D eigenvalue weighted by molar-refractivity contribution is -0.117. The molecular weight excluding hydrogens is 404 g/mol. The van der Waals surface area contributed by atoms with E-state index >= 15 is 0 Å². The van der Waals surface area contributed by atoms with Crippen molar-refractivity contribution in [3.05, 3.63) is 23.9 Å². The van der Waals surface area contributed by atoms with Gasteiger partial charge in [-0.1, -0.05) is 13.8 Å². The van der Waals surface area contributed by atoms with Crippen LogP contribution in [-0.4, -0.2) is 61.1 Å². The van der Waals surface area contributed by atoms with Crippen LogP contribution in [0.15, 0.2) is 18.2 Å². The van der Waals surface area contributed by atoms with Crippen LogP contribution < -0.4 is 15.0 Å². The summed E-state index contributed by atoms with van der Waals surface area (Å²) >= 11 is 0. The summed E-state index contributed by atoms with van der Waals surface area (Å²) in [6.45, 7) is 9.19. The number of hydrogen-bond acceptors (Lipinski definition) is 4. The standard InChI is InChI=1S/C25H36N4O3/c1-17-13-18(2)16-28(15-17)11-6-10-26-25(31)24-23(29-12-5-7-22(29)30)20-14-19(32-4)8-9-21(20)27(24)3/h8-9,14,17-18H,5-7,10-13,15-16H2,1-4H3,(H,26,31)/t17-,18+. The average molecular weight is 441 g/mol. The number of anilines is 1. The Morgan fingerprint density at radius 3 is 2.62 bits per heavy atom. The van der Waals surface area contributed by atoms with Gasteiger partial charge in [-0.15, -0.1) is 0 Å². The number of nitrogens with one attached hydrogen (secondary N) is 1. The molecule has 7 nitrogen and oxygen atoms in total. The SMILES string of the molecule is COc1ccc2c(c1)c(N1CCCC1=O)c(C(=O)NCCCN1C[C@H](C)C[C@H](C)C1)n2C. The molecule has 0 spiro atoms. The minimum atomic E-state index is -0.127. The van der Waals surface area contributed by atoms with Gasteiger partial charge in [0.15, 0.2) is 0 Å². The maximum Gasteiger partial charge on any atom is 0.270 e. The van der Waals surface area contributed by atoms with E-state index in [4.69, 9.17) is 4.74 Å². The van der Waals surface area contributed by atoms with Crippen LogP contribution in [0.1, 0.15) is 50.0 Å². The molecule has 1 N–H and O–H groups in total. The third kappa shape index (κ3) is 4.49. The average Bonchev–Trinajstić information content (AvgIpc) is 3.30. The molecule has 4 rings (SSSR count). The van der Waals surface area contributed by atoms with E-state index in [2.05, 4.69) is 24.1 Å². The summed E-state index contributed by atoms with van der Waals surface area (Å²) in [5, 5.41) is 3.99. The van der Waals surface area contributed by atoms with Gasteiger partial charge in [-0.3, -0.25) is 9.59 Å². The molecule has 2 aromatic rings. The number of nitrogens with zero attached hydrogens (tertiary/aromatic N) is 3. The van der Waals surface area contributed by atoms with Gasteiger partial charge in [0.05, 0.1) is 18.3 Å². The van der Waals surface area contributed by atoms with Gasteiger partial charge in [0, 0.05) is 45.0 Å². The molecular formula is C25H36N4O3. The van der Waals surface area contributed by atoms with Crippen LogP contribution >= 0.6 is 0 Å². The number of aryl methyl sites for hydroxylation is 1. The van der Waals surface area contributed by atoms with Gasteiger partial charge in [-0.05, 0) is 55.8 Å². The Morgan fingerprint density at radius 1 is 1.22 bits per heavy atom. The summed E-state index contributed by atoms with van der Waals surface area (Å²) in [6, 6.07) is 5.76. The second kappa shape index (κ2) is 9.53. The smallest absolute Gasteiger partial charge is 0.270 e. The number of aromatic nitrogens is 1. The molecule has 1 aromatic heterocycles. The molecule has 1 aromatic carbocycles. The van der Waals surface area contributed by atoms with Crippen LogP contribution in [-0.2, 0) is 11.8 Å². The van der Waals surface area contributed by atoms with Crippen molar-refractivity contribution in [3.8, 4) is 5.75 Å². The van der Waals surface area contributed by atoms with Crippen molar-refractivity contribution in [2.24, 2.45) is 18.9 Å². The molecule has 32 heavy (non-hydrogen) atoms. The van der Waals surface area contributed by atoms with E-state index in [0.29, 0.717) is 36.6 Å². The van der Waals surface area contributed by atoms with Crippen molar-refractivity contribution < 1.29 is 14.3 Å². The predicted molar refractivity (Wildman–Crippen MR) is 127 cm³/mol. The van der Waals surface area contributed by atoms with E-state index in [9.17, 15) is 9.59 Å². The minimum absolute atomic E-state index is 0.0720. The number of ether oxygens (including phenoxy) is 1. The molecule has 2 fully saturated rings. The fourth-order valence-electron chi connectivity index (χ4n) is 5.51. The Balaban J connectivity index is 1.51. The summed E-state index contributed by atoms with van der Waals surface area (Å²) < 4.78 is 7.31. The van der Waals surface area contributed by atoms with Crippen LogP contribution in [0.5, 0.6) is 5.75 Å². The van der Waals surface area contributed by atoms with Gasteiger partial charge in [0.2, 0.25) is 5.91 Å². The number of carbonyl (C=O) groups is 2. The Bertz CT molecular complexity index is 989. The predicted octanol–water partition coefficient (Wildman–Crippen LogP) is 3.41.